The maximum Gasteiger partial charge on any atom is 0.401 e. The molecular weight excluding hydrogens is 247 g/mol. The van der Waals surface area contributed by atoms with Crippen LogP contribution in [-0.4, -0.2) is 57.3 Å². The van der Waals surface area contributed by atoms with Gasteiger partial charge in [-0.3, -0.25) is 9.69 Å². The van der Waals surface area contributed by atoms with Crippen LogP contribution in [-0.2, 0) is 4.79 Å². The lowest BCUT2D eigenvalue weighted by Crippen LogP contribution is -2.37. The highest BCUT2D eigenvalue weighted by Crippen LogP contribution is 2.15. The van der Waals surface area contributed by atoms with Gasteiger partial charge in [0.1, 0.15) is 0 Å². The van der Waals surface area contributed by atoms with Crippen molar-refractivity contribution < 1.29 is 18.0 Å². The van der Waals surface area contributed by atoms with E-state index in [1.165, 1.54) is 11.9 Å². The van der Waals surface area contributed by atoms with Crippen LogP contribution in [0.15, 0.2) is 0 Å². The molecule has 0 rings (SSSR count). The van der Waals surface area contributed by atoms with Gasteiger partial charge in [0.2, 0.25) is 5.91 Å². The minimum Gasteiger partial charge on any atom is -0.356 e. The van der Waals surface area contributed by atoms with Crippen molar-refractivity contribution in [3.63, 3.8) is 0 Å². The lowest BCUT2D eigenvalue weighted by atomic mass is 10.1. The van der Waals surface area contributed by atoms with Gasteiger partial charge in [0.05, 0.1) is 6.54 Å². The molecule has 0 heterocycles. The third-order valence-electron chi connectivity index (χ3n) is 2.42. The van der Waals surface area contributed by atoms with Gasteiger partial charge in [0.25, 0.3) is 0 Å². The molecular formula is C11H22F3N3O. The molecule has 0 bridgehead atoms. The second-order valence-electron chi connectivity index (χ2n) is 4.46. The topological polar surface area (TPSA) is 44.4 Å². The first-order chi connectivity index (χ1) is 8.26. The van der Waals surface area contributed by atoms with Crippen LogP contribution in [0.5, 0.6) is 0 Å². The molecule has 4 nitrogen and oxygen atoms in total. The van der Waals surface area contributed by atoms with Gasteiger partial charge in [-0.1, -0.05) is 6.92 Å². The van der Waals surface area contributed by atoms with E-state index < -0.39 is 12.7 Å². The van der Waals surface area contributed by atoms with Gasteiger partial charge >= 0.3 is 6.18 Å². The van der Waals surface area contributed by atoms with E-state index in [2.05, 4.69) is 10.6 Å². The lowest BCUT2D eigenvalue weighted by molar-refractivity contribution is -0.143. The number of rotatable bonds is 8. The average molecular weight is 269 g/mol. The molecule has 18 heavy (non-hydrogen) atoms. The lowest BCUT2D eigenvalue weighted by Gasteiger charge is -2.18. The summed E-state index contributed by atoms with van der Waals surface area (Å²) >= 11 is 0. The SMILES string of the molecule is CNCC(C)C(=O)NCCCN(C)CC(F)(F)F. The third kappa shape index (κ3) is 9.23. The molecule has 1 unspecified atom stereocenters. The summed E-state index contributed by atoms with van der Waals surface area (Å²) in [5.74, 6) is -0.217. The summed E-state index contributed by atoms with van der Waals surface area (Å²) in [4.78, 5) is 12.7. The molecule has 108 valence electrons. The Kier molecular flexibility index (Phi) is 7.93. The zero-order chi connectivity index (χ0) is 14.2. The minimum atomic E-state index is -4.17. The number of halogens is 3. The molecule has 7 heteroatoms. The Morgan fingerprint density at radius 2 is 2.00 bits per heavy atom. The largest absolute Gasteiger partial charge is 0.401 e. The standard InChI is InChI=1S/C11H22F3N3O/c1-9(7-15-2)10(18)16-5-4-6-17(3)8-11(12,13)14/h9,15H,4-8H2,1-3H3,(H,16,18). The first kappa shape index (κ1) is 17.2. The van der Waals surface area contributed by atoms with E-state index in [-0.39, 0.29) is 11.8 Å². The molecule has 0 spiro atoms. The molecule has 0 aliphatic rings. The molecule has 1 atom stereocenters. The van der Waals surface area contributed by atoms with Gasteiger partial charge in [-0.15, -0.1) is 0 Å². The van der Waals surface area contributed by atoms with E-state index in [4.69, 9.17) is 0 Å². The fraction of sp³-hybridized carbons (Fsp3) is 0.909. The van der Waals surface area contributed by atoms with Crippen molar-refractivity contribution in [3.05, 3.63) is 0 Å². The number of carbonyl (C=O) groups excluding carboxylic acids is 1. The Balaban J connectivity index is 3.64. The maximum absolute atomic E-state index is 12.0. The monoisotopic (exact) mass is 269 g/mol. The Bertz CT molecular complexity index is 246. The fourth-order valence-corrected chi connectivity index (χ4v) is 1.52. The Hall–Kier alpha value is -0.820. The van der Waals surface area contributed by atoms with Crippen LogP contribution in [0.1, 0.15) is 13.3 Å². The van der Waals surface area contributed by atoms with E-state index in [0.717, 1.165) is 0 Å². The summed E-state index contributed by atoms with van der Waals surface area (Å²) in [6, 6.07) is 0. The summed E-state index contributed by atoms with van der Waals surface area (Å²) in [6.07, 6.45) is -3.66. The van der Waals surface area contributed by atoms with E-state index in [1.807, 2.05) is 0 Å². The molecule has 1 amide bonds. The zero-order valence-electron chi connectivity index (χ0n) is 11.1. The predicted octanol–water partition coefficient (Wildman–Crippen LogP) is 0.842. The normalized spacial score (nSPS) is 13.7. The quantitative estimate of drug-likeness (QED) is 0.642. The van der Waals surface area contributed by atoms with Gasteiger partial charge in [-0.2, -0.15) is 13.2 Å². The van der Waals surface area contributed by atoms with Crippen molar-refractivity contribution >= 4 is 5.91 Å². The predicted molar refractivity (Wildman–Crippen MR) is 64.3 cm³/mol. The molecule has 0 saturated heterocycles. The molecule has 0 saturated carbocycles. The second-order valence-corrected chi connectivity index (χ2v) is 4.46. The highest BCUT2D eigenvalue weighted by molar-refractivity contribution is 5.78. The summed E-state index contributed by atoms with van der Waals surface area (Å²) in [6.45, 7) is 2.16. The van der Waals surface area contributed by atoms with Crippen LogP contribution in [0, 0.1) is 5.92 Å². The van der Waals surface area contributed by atoms with E-state index >= 15 is 0 Å². The first-order valence-electron chi connectivity index (χ1n) is 5.94. The van der Waals surface area contributed by atoms with Gasteiger partial charge < -0.3 is 10.6 Å². The number of amides is 1. The molecule has 0 aromatic heterocycles. The number of hydrogen-bond acceptors (Lipinski definition) is 3. The van der Waals surface area contributed by atoms with Crippen LogP contribution >= 0.6 is 0 Å². The van der Waals surface area contributed by atoms with Crippen molar-refractivity contribution in [2.75, 3.05) is 40.3 Å². The van der Waals surface area contributed by atoms with Crippen molar-refractivity contribution in [2.45, 2.75) is 19.5 Å². The number of hydrogen-bond donors (Lipinski definition) is 2. The summed E-state index contributed by atoms with van der Waals surface area (Å²) in [5, 5.41) is 5.59. The molecule has 0 aliphatic heterocycles. The molecule has 0 fully saturated rings. The van der Waals surface area contributed by atoms with Crippen LogP contribution in [0.2, 0.25) is 0 Å². The van der Waals surface area contributed by atoms with Gasteiger partial charge in [0.15, 0.2) is 0 Å². The highest BCUT2D eigenvalue weighted by atomic mass is 19.4. The average Bonchev–Trinajstić information content (AvgIpc) is 2.21. The smallest absolute Gasteiger partial charge is 0.356 e. The number of carbonyl (C=O) groups is 1. The van der Waals surface area contributed by atoms with Crippen molar-refractivity contribution in [2.24, 2.45) is 5.92 Å². The van der Waals surface area contributed by atoms with E-state index in [9.17, 15) is 18.0 Å². The van der Waals surface area contributed by atoms with Crippen molar-refractivity contribution in [1.82, 2.24) is 15.5 Å². The van der Waals surface area contributed by atoms with Crippen LogP contribution < -0.4 is 10.6 Å². The molecule has 2 N–H and O–H groups in total. The summed E-state index contributed by atoms with van der Waals surface area (Å²) < 4.78 is 36.0. The van der Waals surface area contributed by atoms with Crippen LogP contribution in [0.4, 0.5) is 13.2 Å². The van der Waals surface area contributed by atoms with Crippen LogP contribution in [0.25, 0.3) is 0 Å². The number of nitrogens with one attached hydrogen (secondary N) is 2. The molecule has 0 aromatic rings. The summed E-state index contributed by atoms with van der Waals surface area (Å²) in [7, 11) is 3.18. The Labute approximate surface area is 106 Å². The minimum absolute atomic E-state index is 0.0807. The first-order valence-corrected chi connectivity index (χ1v) is 5.94. The molecule has 0 aliphatic carbocycles. The fourth-order valence-electron chi connectivity index (χ4n) is 1.52. The van der Waals surface area contributed by atoms with Gasteiger partial charge in [-0.05, 0) is 27.1 Å². The zero-order valence-corrected chi connectivity index (χ0v) is 11.1. The van der Waals surface area contributed by atoms with Gasteiger partial charge in [0, 0.05) is 19.0 Å². The van der Waals surface area contributed by atoms with Crippen molar-refractivity contribution in [3.8, 4) is 0 Å². The molecule has 0 aromatic carbocycles. The highest BCUT2D eigenvalue weighted by Gasteiger charge is 2.28. The van der Waals surface area contributed by atoms with Gasteiger partial charge in [-0.25, -0.2) is 0 Å². The summed E-state index contributed by atoms with van der Waals surface area (Å²) in [5.41, 5.74) is 0. The van der Waals surface area contributed by atoms with E-state index in [1.54, 1.807) is 14.0 Å². The maximum atomic E-state index is 12.0. The van der Waals surface area contributed by atoms with E-state index in [0.29, 0.717) is 26.1 Å². The second kappa shape index (κ2) is 8.31. The van der Waals surface area contributed by atoms with Crippen molar-refractivity contribution in [1.29, 1.82) is 0 Å². The third-order valence-corrected chi connectivity index (χ3v) is 2.42. The Morgan fingerprint density at radius 3 is 2.50 bits per heavy atom. The number of alkyl halides is 3. The van der Waals surface area contributed by atoms with Crippen LogP contribution in [0.3, 0.4) is 0 Å². The molecule has 0 radical (unpaired) electrons. The Morgan fingerprint density at radius 1 is 1.39 bits per heavy atom. The number of nitrogens with zero attached hydrogens (tertiary/aromatic N) is 1.